The lowest BCUT2D eigenvalue weighted by molar-refractivity contribution is 0.0274. The molecule has 2 saturated heterocycles. The van der Waals surface area contributed by atoms with Gasteiger partial charge in [-0.1, -0.05) is 0 Å². The normalized spacial score (nSPS) is 28.2. The SMILES string of the molecule is O=C(Nc1ccsc1)O[C@H]1C[C@H]2CC[C@@H](C1)N2C(=O)O. The van der Waals surface area contributed by atoms with Crippen molar-refractivity contribution in [1.82, 2.24) is 4.90 Å². The third-order valence-electron chi connectivity index (χ3n) is 3.95. The average Bonchev–Trinajstić information content (AvgIpc) is 2.96. The van der Waals surface area contributed by atoms with E-state index >= 15 is 0 Å². The summed E-state index contributed by atoms with van der Waals surface area (Å²) in [6.45, 7) is 0. The molecule has 0 unspecified atom stereocenters. The Hall–Kier alpha value is -1.76. The van der Waals surface area contributed by atoms with Crippen LogP contribution in [0.5, 0.6) is 0 Å². The van der Waals surface area contributed by atoms with Gasteiger partial charge in [-0.05, 0) is 24.3 Å². The van der Waals surface area contributed by atoms with Crippen molar-refractivity contribution >= 4 is 29.2 Å². The number of fused-ring (bicyclic) bond motifs is 2. The van der Waals surface area contributed by atoms with Gasteiger partial charge in [-0.2, -0.15) is 11.3 Å². The Balaban J connectivity index is 1.55. The molecule has 2 bridgehead atoms. The minimum absolute atomic E-state index is 0.00908. The van der Waals surface area contributed by atoms with E-state index in [1.807, 2.05) is 16.8 Å². The number of anilines is 1. The summed E-state index contributed by atoms with van der Waals surface area (Å²) in [6, 6.07) is 1.79. The van der Waals surface area contributed by atoms with E-state index in [-0.39, 0.29) is 18.2 Å². The highest BCUT2D eigenvalue weighted by molar-refractivity contribution is 7.08. The number of ether oxygens (including phenoxy) is 1. The van der Waals surface area contributed by atoms with E-state index < -0.39 is 12.2 Å². The summed E-state index contributed by atoms with van der Waals surface area (Å²) in [5.74, 6) is 0. The molecule has 20 heavy (non-hydrogen) atoms. The number of thiophene rings is 1. The molecule has 0 saturated carbocycles. The van der Waals surface area contributed by atoms with Crippen molar-refractivity contribution in [3.05, 3.63) is 16.8 Å². The molecule has 1 aromatic heterocycles. The van der Waals surface area contributed by atoms with Crippen LogP contribution >= 0.6 is 11.3 Å². The Bertz CT molecular complexity index is 490. The van der Waals surface area contributed by atoms with Gasteiger partial charge in [0.2, 0.25) is 0 Å². The predicted molar refractivity (Wildman–Crippen MR) is 74.1 cm³/mol. The lowest BCUT2D eigenvalue weighted by atomic mass is 10.0. The molecule has 0 spiro atoms. The van der Waals surface area contributed by atoms with Crippen LogP contribution in [0.3, 0.4) is 0 Å². The number of piperidine rings is 1. The Morgan fingerprint density at radius 3 is 2.60 bits per heavy atom. The fourth-order valence-corrected chi connectivity index (χ4v) is 3.76. The smallest absolute Gasteiger partial charge is 0.411 e. The van der Waals surface area contributed by atoms with Crippen LogP contribution in [0.2, 0.25) is 0 Å². The van der Waals surface area contributed by atoms with Crippen molar-refractivity contribution in [3.8, 4) is 0 Å². The monoisotopic (exact) mass is 296 g/mol. The van der Waals surface area contributed by atoms with Gasteiger partial charge in [0.25, 0.3) is 0 Å². The number of nitrogens with one attached hydrogen (secondary N) is 1. The van der Waals surface area contributed by atoms with Crippen molar-refractivity contribution in [2.24, 2.45) is 0 Å². The van der Waals surface area contributed by atoms with Gasteiger partial charge < -0.3 is 14.7 Å². The molecule has 3 atom stereocenters. The topological polar surface area (TPSA) is 78.9 Å². The zero-order valence-electron chi connectivity index (χ0n) is 10.8. The molecule has 2 fully saturated rings. The Morgan fingerprint density at radius 2 is 2.05 bits per heavy atom. The van der Waals surface area contributed by atoms with Gasteiger partial charge in [-0.25, -0.2) is 9.59 Å². The number of hydrogen-bond acceptors (Lipinski definition) is 4. The van der Waals surface area contributed by atoms with Crippen LogP contribution < -0.4 is 5.32 Å². The molecule has 0 aromatic carbocycles. The summed E-state index contributed by atoms with van der Waals surface area (Å²) in [5, 5.41) is 15.5. The van der Waals surface area contributed by atoms with E-state index in [0.717, 1.165) is 18.5 Å². The third-order valence-corrected chi connectivity index (χ3v) is 4.64. The van der Waals surface area contributed by atoms with Crippen LogP contribution in [-0.2, 0) is 4.74 Å². The average molecular weight is 296 g/mol. The lowest BCUT2D eigenvalue weighted by Gasteiger charge is -2.36. The summed E-state index contributed by atoms with van der Waals surface area (Å²) in [5.41, 5.74) is 0.728. The molecule has 3 rings (SSSR count). The van der Waals surface area contributed by atoms with Gasteiger partial charge in [0.15, 0.2) is 0 Å². The Morgan fingerprint density at radius 1 is 1.35 bits per heavy atom. The molecule has 3 heterocycles. The Labute approximate surface area is 120 Å². The minimum Gasteiger partial charge on any atom is -0.465 e. The second-order valence-corrected chi connectivity index (χ2v) is 5.99. The molecular weight excluding hydrogens is 280 g/mol. The highest BCUT2D eigenvalue weighted by Gasteiger charge is 2.44. The van der Waals surface area contributed by atoms with Crippen molar-refractivity contribution in [2.75, 3.05) is 5.32 Å². The highest BCUT2D eigenvalue weighted by Crippen LogP contribution is 2.36. The van der Waals surface area contributed by atoms with Gasteiger partial charge >= 0.3 is 12.2 Å². The largest absolute Gasteiger partial charge is 0.465 e. The standard InChI is InChI=1S/C13H16N2O4S/c16-12(14-8-3-4-20-7-8)19-11-5-9-1-2-10(6-11)15(9)13(17)18/h3-4,7,9-11H,1-2,5-6H2,(H,14,16)(H,17,18)/t9-,10+,11+. The number of carbonyl (C=O) groups is 2. The molecular formula is C13H16N2O4S. The minimum atomic E-state index is -0.862. The van der Waals surface area contributed by atoms with Crippen molar-refractivity contribution in [2.45, 2.75) is 43.9 Å². The fourth-order valence-electron chi connectivity index (χ4n) is 3.17. The Kier molecular flexibility index (Phi) is 3.52. The maximum absolute atomic E-state index is 11.8. The summed E-state index contributed by atoms with van der Waals surface area (Å²) < 4.78 is 5.41. The van der Waals surface area contributed by atoms with Gasteiger partial charge in [-0.3, -0.25) is 5.32 Å². The van der Waals surface area contributed by atoms with Crippen LogP contribution in [0.25, 0.3) is 0 Å². The number of hydrogen-bond donors (Lipinski definition) is 2. The van der Waals surface area contributed by atoms with E-state index in [9.17, 15) is 9.59 Å². The first-order chi connectivity index (χ1) is 9.63. The summed E-state index contributed by atoms with van der Waals surface area (Å²) in [7, 11) is 0. The van der Waals surface area contributed by atoms with Gasteiger partial charge in [0.05, 0.1) is 5.69 Å². The molecule has 2 aliphatic heterocycles. The molecule has 0 aliphatic carbocycles. The molecule has 2 amide bonds. The van der Waals surface area contributed by atoms with Crippen LogP contribution in [0, 0.1) is 0 Å². The number of rotatable bonds is 2. The summed E-state index contributed by atoms with van der Waals surface area (Å²) in [6.07, 6.45) is 1.41. The number of carbonyl (C=O) groups excluding carboxylic acids is 1. The number of nitrogens with zero attached hydrogens (tertiary/aromatic N) is 1. The van der Waals surface area contributed by atoms with E-state index in [1.165, 1.54) is 16.2 Å². The van der Waals surface area contributed by atoms with Crippen LogP contribution in [-0.4, -0.2) is 40.4 Å². The molecule has 0 radical (unpaired) electrons. The van der Waals surface area contributed by atoms with Gasteiger partial charge in [-0.15, -0.1) is 0 Å². The van der Waals surface area contributed by atoms with E-state index in [1.54, 1.807) is 0 Å². The zero-order valence-corrected chi connectivity index (χ0v) is 11.6. The summed E-state index contributed by atoms with van der Waals surface area (Å²) >= 11 is 1.50. The van der Waals surface area contributed by atoms with Crippen molar-refractivity contribution in [3.63, 3.8) is 0 Å². The predicted octanol–water partition coefficient (Wildman–Crippen LogP) is 2.97. The molecule has 7 heteroatoms. The quantitative estimate of drug-likeness (QED) is 0.879. The van der Waals surface area contributed by atoms with E-state index in [4.69, 9.17) is 9.84 Å². The van der Waals surface area contributed by atoms with Crippen LogP contribution in [0.4, 0.5) is 15.3 Å². The van der Waals surface area contributed by atoms with Crippen molar-refractivity contribution in [1.29, 1.82) is 0 Å². The molecule has 1 aromatic rings. The van der Waals surface area contributed by atoms with Gasteiger partial charge in [0.1, 0.15) is 6.10 Å². The first-order valence-corrected chi connectivity index (χ1v) is 7.59. The van der Waals surface area contributed by atoms with Crippen LogP contribution in [0.15, 0.2) is 16.8 Å². The lowest BCUT2D eigenvalue weighted by Crippen LogP contribution is -2.48. The van der Waals surface area contributed by atoms with Crippen molar-refractivity contribution < 1.29 is 19.4 Å². The molecule has 108 valence electrons. The number of carboxylic acid groups (broad SMARTS) is 1. The zero-order chi connectivity index (χ0) is 14.1. The van der Waals surface area contributed by atoms with Gasteiger partial charge in [0, 0.05) is 30.3 Å². The third kappa shape index (κ3) is 2.58. The maximum Gasteiger partial charge on any atom is 0.411 e. The first kappa shape index (κ1) is 13.2. The second kappa shape index (κ2) is 5.32. The fraction of sp³-hybridized carbons (Fsp3) is 0.538. The number of amides is 2. The maximum atomic E-state index is 11.8. The summed E-state index contributed by atoms with van der Waals surface area (Å²) in [4.78, 5) is 24.5. The molecule has 2 N–H and O–H groups in total. The first-order valence-electron chi connectivity index (χ1n) is 6.64. The highest BCUT2D eigenvalue weighted by atomic mass is 32.1. The van der Waals surface area contributed by atoms with Crippen LogP contribution in [0.1, 0.15) is 25.7 Å². The molecule has 6 nitrogen and oxygen atoms in total. The molecule has 2 aliphatic rings. The second-order valence-electron chi connectivity index (χ2n) is 5.21. The van der Waals surface area contributed by atoms with E-state index in [2.05, 4.69) is 5.32 Å². The van der Waals surface area contributed by atoms with E-state index in [0.29, 0.717) is 12.8 Å².